The molecule has 0 bridgehead atoms. The number of hydrogen-bond donors (Lipinski definition) is 1. The Hall–Kier alpha value is -0.950. The number of nitrogens with zero attached hydrogens (tertiary/aromatic N) is 2. The third-order valence-electron chi connectivity index (χ3n) is 2.49. The molecular formula is C9H15N3O3S. The lowest BCUT2D eigenvalue weighted by Gasteiger charge is -2.19. The van der Waals surface area contributed by atoms with Crippen molar-refractivity contribution in [3.63, 3.8) is 0 Å². The summed E-state index contributed by atoms with van der Waals surface area (Å²) >= 11 is 0. The van der Waals surface area contributed by atoms with E-state index in [0.29, 0.717) is 5.82 Å². The van der Waals surface area contributed by atoms with Gasteiger partial charge in [0.25, 0.3) is 0 Å². The first-order valence-electron chi connectivity index (χ1n) is 5.28. The Kier molecular flexibility index (Phi) is 3.25. The van der Waals surface area contributed by atoms with Gasteiger partial charge in [0, 0.05) is 6.26 Å². The molecule has 1 fully saturated rings. The Labute approximate surface area is 94.3 Å². The van der Waals surface area contributed by atoms with Crippen LogP contribution in [0.3, 0.4) is 0 Å². The molecule has 1 aliphatic heterocycles. The maximum absolute atomic E-state index is 11.0. The summed E-state index contributed by atoms with van der Waals surface area (Å²) in [7, 11) is -3.11. The predicted octanol–water partition coefficient (Wildman–Crippen LogP) is 0.429. The van der Waals surface area contributed by atoms with Crippen LogP contribution in [0.2, 0.25) is 0 Å². The normalized spacial score (nSPS) is 22.2. The molecule has 2 heterocycles. The van der Waals surface area contributed by atoms with Crippen molar-refractivity contribution in [2.24, 2.45) is 0 Å². The molecule has 0 radical (unpaired) electrons. The van der Waals surface area contributed by atoms with Gasteiger partial charge >= 0.3 is 0 Å². The van der Waals surface area contributed by atoms with Crippen molar-refractivity contribution in [2.45, 2.75) is 31.1 Å². The van der Waals surface area contributed by atoms with Gasteiger partial charge in [-0.15, -0.1) is 0 Å². The SMILES string of the molecule is CS(=O)(=O)Cc1nc(C2CCCCN2)no1. The maximum atomic E-state index is 11.0. The van der Waals surface area contributed by atoms with E-state index in [9.17, 15) is 8.42 Å². The summed E-state index contributed by atoms with van der Waals surface area (Å²) in [6.07, 6.45) is 4.41. The van der Waals surface area contributed by atoms with Crippen molar-refractivity contribution in [2.75, 3.05) is 12.8 Å². The van der Waals surface area contributed by atoms with Crippen LogP contribution >= 0.6 is 0 Å². The molecule has 0 spiro atoms. The van der Waals surface area contributed by atoms with Crippen molar-refractivity contribution in [3.05, 3.63) is 11.7 Å². The topological polar surface area (TPSA) is 85.1 Å². The zero-order valence-corrected chi connectivity index (χ0v) is 9.96. The molecule has 1 aromatic heterocycles. The van der Waals surface area contributed by atoms with Crippen LogP contribution in [0.4, 0.5) is 0 Å². The number of rotatable bonds is 3. The minimum atomic E-state index is -3.11. The molecule has 2 rings (SSSR count). The first-order chi connectivity index (χ1) is 7.54. The van der Waals surface area contributed by atoms with Crippen molar-refractivity contribution >= 4 is 9.84 Å². The molecule has 0 aliphatic carbocycles. The second-order valence-corrected chi connectivity index (χ2v) is 6.26. The molecule has 1 N–H and O–H groups in total. The smallest absolute Gasteiger partial charge is 0.241 e. The minimum absolute atomic E-state index is 0.103. The Morgan fingerprint density at radius 2 is 2.31 bits per heavy atom. The van der Waals surface area contributed by atoms with Crippen LogP contribution in [0.5, 0.6) is 0 Å². The molecule has 6 nitrogen and oxygen atoms in total. The number of hydrogen-bond acceptors (Lipinski definition) is 6. The van der Waals surface area contributed by atoms with Crippen LogP contribution in [0, 0.1) is 0 Å². The van der Waals surface area contributed by atoms with Gasteiger partial charge in [-0.3, -0.25) is 0 Å². The zero-order chi connectivity index (χ0) is 11.6. The highest BCUT2D eigenvalue weighted by Gasteiger charge is 2.21. The largest absolute Gasteiger partial charge is 0.338 e. The number of piperidine rings is 1. The van der Waals surface area contributed by atoms with Gasteiger partial charge in [0.05, 0.1) is 6.04 Å². The first kappa shape index (κ1) is 11.5. The molecule has 90 valence electrons. The quantitative estimate of drug-likeness (QED) is 0.831. The second kappa shape index (κ2) is 4.50. The van der Waals surface area contributed by atoms with E-state index in [1.807, 2.05) is 0 Å². The molecular weight excluding hydrogens is 230 g/mol. The summed E-state index contributed by atoms with van der Waals surface area (Å²) < 4.78 is 27.0. The Morgan fingerprint density at radius 1 is 1.50 bits per heavy atom. The fourth-order valence-corrected chi connectivity index (χ4v) is 2.33. The third kappa shape index (κ3) is 3.02. The average molecular weight is 245 g/mol. The lowest BCUT2D eigenvalue weighted by Crippen LogP contribution is -2.27. The predicted molar refractivity (Wildman–Crippen MR) is 57.4 cm³/mol. The lowest BCUT2D eigenvalue weighted by molar-refractivity contribution is 0.353. The van der Waals surface area contributed by atoms with Crippen LogP contribution in [-0.2, 0) is 15.6 Å². The van der Waals surface area contributed by atoms with Gasteiger partial charge in [-0.05, 0) is 19.4 Å². The average Bonchev–Trinajstić information content (AvgIpc) is 2.65. The number of sulfone groups is 1. The van der Waals surface area contributed by atoms with E-state index < -0.39 is 9.84 Å². The monoisotopic (exact) mass is 245 g/mol. The second-order valence-electron chi connectivity index (χ2n) is 4.12. The molecule has 0 amide bonds. The van der Waals surface area contributed by atoms with Crippen LogP contribution in [-0.4, -0.2) is 31.4 Å². The summed E-state index contributed by atoms with van der Waals surface area (Å²) in [5.74, 6) is 0.551. The molecule has 16 heavy (non-hydrogen) atoms. The molecule has 0 saturated carbocycles. The highest BCUT2D eigenvalue weighted by molar-refractivity contribution is 7.89. The fourth-order valence-electron chi connectivity index (χ4n) is 1.76. The molecule has 1 atom stereocenters. The van der Waals surface area contributed by atoms with Crippen molar-refractivity contribution in [1.82, 2.24) is 15.5 Å². The first-order valence-corrected chi connectivity index (χ1v) is 7.34. The molecule has 1 saturated heterocycles. The van der Waals surface area contributed by atoms with Gasteiger partial charge in [-0.2, -0.15) is 4.98 Å². The zero-order valence-electron chi connectivity index (χ0n) is 9.14. The molecule has 7 heteroatoms. The van der Waals surface area contributed by atoms with Crippen molar-refractivity contribution in [1.29, 1.82) is 0 Å². The summed E-state index contributed by atoms with van der Waals surface area (Å²) in [5.41, 5.74) is 0. The van der Waals surface area contributed by atoms with Gasteiger partial charge < -0.3 is 9.84 Å². The molecule has 1 unspecified atom stereocenters. The maximum Gasteiger partial charge on any atom is 0.241 e. The van der Waals surface area contributed by atoms with Crippen LogP contribution in [0.1, 0.15) is 37.0 Å². The number of nitrogens with one attached hydrogen (secondary N) is 1. The van der Waals surface area contributed by atoms with Gasteiger partial charge in [0.15, 0.2) is 15.7 Å². The minimum Gasteiger partial charge on any atom is -0.338 e. The van der Waals surface area contributed by atoms with E-state index in [0.717, 1.165) is 32.1 Å². The van der Waals surface area contributed by atoms with Crippen LogP contribution < -0.4 is 5.32 Å². The van der Waals surface area contributed by atoms with Gasteiger partial charge in [-0.25, -0.2) is 8.42 Å². The Morgan fingerprint density at radius 3 is 2.94 bits per heavy atom. The summed E-state index contributed by atoms with van der Waals surface area (Å²) in [6.45, 7) is 0.945. The Balaban J connectivity index is 2.06. The van der Waals surface area contributed by atoms with E-state index in [1.54, 1.807) is 0 Å². The molecule has 1 aromatic rings. The van der Waals surface area contributed by atoms with E-state index in [4.69, 9.17) is 4.52 Å². The van der Waals surface area contributed by atoms with E-state index >= 15 is 0 Å². The highest BCUT2D eigenvalue weighted by atomic mass is 32.2. The van der Waals surface area contributed by atoms with E-state index in [-0.39, 0.29) is 17.7 Å². The third-order valence-corrected chi connectivity index (χ3v) is 3.26. The van der Waals surface area contributed by atoms with E-state index in [1.165, 1.54) is 0 Å². The lowest BCUT2D eigenvalue weighted by atomic mass is 10.0. The number of aromatic nitrogens is 2. The highest BCUT2D eigenvalue weighted by Crippen LogP contribution is 2.20. The fraction of sp³-hybridized carbons (Fsp3) is 0.778. The van der Waals surface area contributed by atoms with Crippen LogP contribution in [0.25, 0.3) is 0 Å². The summed E-state index contributed by atoms with van der Waals surface area (Å²) in [4.78, 5) is 4.10. The van der Waals surface area contributed by atoms with Crippen molar-refractivity contribution < 1.29 is 12.9 Å². The van der Waals surface area contributed by atoms with Crippen LogP contribution in [0.15, 0.2) is 4.52 Å². The summed E-state index contributed by atoms with van der Waals surface area (Å²) in [5, 5.41) is 7.09. The summed E-state index contributed by atoms with van der Waals surface area (Å²) in [6, 6.07) is 0.103. The van der Waals surface area contributed by atoms with Gasteiger partial charge in [0.1, 0.15) is 5.75 Å². The van der Waals surface area contributed by atoms with Gasteiger partial charge in [0.2, 0.25) is 5.89 Å². The standard InChI is InChI=1S/C9H15N3O3S/c1-16(13,14)6-8-11-9(12-15-8)7-4-2-3-5-10-7/h7,10H,2-6H2,1H3. The van der Waals surface area contributed by atoms with Gasteiger partial charge in [-0.1, -0.05) is 11.6 Å². The molecule has 1 aliphatic rings. The van der Waals surface area contributed by atoms with E-state index in [2.05, 4.69) is 15.5 Å². The molecule has 0 aromatic carbocycles. The van der Waals surface area contributed by atoms with Crippen molar-refractivity contribution in [3.8, 4) is 0 Å². The Bertz CT molecular complexity index is 448.